The van der Waals surface area contributed by atoms with Gasteiger partial charge >= 0.3 is 0 Å². The van der Waals surface area contributed by atoms with Crippen molar-refractivity contribution in [1.29, 1.82) is 0 Å². The second-order valence-electron chi connectivity index (χ2n) is 8.00. The summed E-state index contributed by atoms with van der Waals surface area (Å²) in [7, 11) is -2.15. The predicted octanol–water partition coefficient (Wildman–Crippen LogP) is 5.13. The number of aromatic nitrogens is 2. The van der Waals surface area contributed by atoms with Gasteiger partial charge in [-0.2, -0.15) is 0 Å². The average Bonchev–Trinajstić information content (AvgIpc) is 2.74. The summed E-state index contributed by atoms with van der Waals surface area (Å²) in [6, 6.07) is 2.09. The van der Waals surface area contributed by atoms with E-state index < -0.39 is 8.32 Å². The van der Waals surface area contributed by atoms with E-state index >= 15 is 0 Å². The highest BCUT2D eigenvalue weighted by Crippen LogP contribution is 2.43. The number of hydrogen-bond donors (Lipinski definition) is 1. The van der Waals surface area contributed by atoms with Gasteiger partial charge in [0.05, 0.1) is 5.52 Å². The SMILES string of the molecule is CC(C)(CCC(C)(C)[Si](C)(C)O)n1cc(I)c2cnccc21. The Hall–Kier alpha value is -0.403. The molecular weight excluding hydrogens is 403 g/mol. The lowest BCUT2D eigenvalue weighted by Gasteiger charge is -2.38. The first-order valence-electron chi connectivity index (χ1n) is 7.79. The van der Waals surface area contributed by atoms with E-state index in [4.69, 9.17) is 0 Å². The van der Waals surface area contributed by atoms with Crippen LogP contribution < -0.4 is 0 Å². The summed E-state index contributed by atoms with van der Waals surface area (Å²) in [5.74, 6) is 0. The van der Waals surface area contributed by atoms with Crippen molar-refractivity contribution in [1.82, 2.24) is 9.55 Å². The molecule has 0 aliphatic rings. The molecule has 2 heterocycles. The first-order chi connectivity index (χ1) is 9.96. The molecule has 22 heavy (non-hydrogen) atoms. The van der Waals surface area contributed by atoms with Gasteiger partial charge in [0.1, 0.15) is 0 Å². The number of rotatable bonds is 5. The minimum atomic E-state index is -2.15. The van der Waals surface area contributed by atoms with Gasteiger partial charge in [0.2, 0.25) is 0 Å². The zero-order valence-corrected chi connectivity index (χ0v) is 17.6. The van der Waals surface area contributed by atoms with Crippen LogP contribution in [0, 0.1) is 3.57 Å². The lowest BCUT2D eigenvalue weighted by molar-refractivity contribution is 0.301. The van der Waals surface area contributed by atoms with E-state index in [0.29, 0.717) is 0 Å². The molecule has 2 aromatic rings. The Morgan fingerprint density at radius 1 is 1.23 bits per heavy atom. The van der Waals surface area contributed by atoms with E-state index in [1.807, 2.05) is 25.5 Å². The molecule has 0 unspecified atom stereocenters. The first kappa shape index (κ1) is 17.9. The van der Waals surface area contributed by atoms with Crippen molar-refractivity contribution in [2.24, 2.45) is 0 Å². The van der Waals surface area contributed by atoms with Crippen LogP contribution in [0.1, 0.15) is 40.5 Å². The molecule has 0 aliphatic heterocycles. The average molecular weight is 430 g/mol. The summed E-state index contributed by atoms with van der Waals surface area (Å²) in [5, 5.41) is 1.23. The van der Waals surface area contributed by atoms with Crippen molar-refractivity contribution in [2.45, 2.75) is 64.2 Å². The molecule has 0 bridgehead atoms. The van der Waals surface area contributed by atoms with Crippen LogP contribution in [0.3, 0.4) is 0 Å². The third kappa shape index (κ3) is 3.41. The maximum Gasteiger partial charge on any atom is 0.188 e. The number of pyridine rings is 1. The normalized spacial score (nSPS) is 13.8. The molecule has 5 heteroatoms. The summed E-state index contributed by atoms with van der Waals surface area (Å²) >= 11 is 2.38. The smallest absolute Gasteiger partial charge is 0.188 e. The van der Waals surface area contributed by atoms with Crippen LogP contribution in [0.15, 0.2) is 24.7 Å². The molecule has 0 aliphatic carbocycles. The fraction of sp³-hybridized carbons (Fsp3) is 0.588. The lowest BCUT2D eigenvalue weighted by Crippen LogP contribution is -2.40. The molecule has 0 saturated heterocycles. The van der Waals surface area contributed by atoms with Crippen LogP contribution in [-0.4, -0.2) is 22.7 Å². The molecule has 2 aromatic heterocycles. The second kappa shape index (κ2) is 5.91. The van der Waals surface area contributed by atoms with Crippen LogP contribution in [0.5, 0.6) is 0 Å². The quantitative estimate of drug-likeness (QED) is 0.527. The Labute approximate surface area is 148 Å². The van der Waals surface area contributed by atoms with Crippen molar-refractivity contribution >= 4 is 41.8 Å². The maximum absolute atomic E-state index is 10.5. The number of hydrogen-bond acceptors (Lipinski definition) is 2. The molecule has 0 amide bonds. The minimum absolute atomic E-state index is 0.0138. The van der Waals surface area contributed by atoms with Gasteiger partial charge in [0.25, 0.3) is 0 Å². The van der Waals surface area contributed by atoms with Crippen LogP contribution in [0.4, 0.5) is 0 Å². The Balaban J connectivity index is 2.30. The van der Waals surface area contributed by atoms with E-state index in [0.717, 1.165) is 12.8 Å². The van der Waals surface area contributed by atoms with Gasteiger partial charge in [-0.1, -0.05) is 13.8 Å². The van der Waals surface area contributed by atoms with E-state index in [1.165, 1.54) is 14.5 Å². The molecular formula is C17H27IN2OSi. The van der Waals surface area contributed by atoms with Crippen molar-refractivity contribution < 1.29 is 4.80 Å². The fourth-order valence-electron chi connectivity index (χ4n) is 2.58. The minimum Gasteiger partial charge on any atom is -0.432 e. The third-order valence-electron chi connectivity index (χ3n) is 5.23. The largest absolute Gasteiger partial charge is 0.432 e. The zero-order valence-electron chi connectivity index (χ0n) is 14.4. The standard InChI is InChI=1S/C17H27IN2OSi/c1-16(2,8-9-17(3,4)22(5,6)21)20-12-14(18)13-11-19-10-7-15(13)20/h7,10-12,21H,8-9H2,1-6H3. The highest BCUT2D eigenvalue weighted by atomic mass is 127. The molecule has 1 N–H and O–H groups in total. The molecule has 0 saturated carbocycles. The topological polar surface area (TPSA) is 38.0 Å². The van der Waals surface area contributed by atoms with Crippen molar-refractivity contribution in [3.8, 4) is 0 Å². The van der Waals surface area contributed by atoms with Gasteiger partial charge in [0, 0.05) is 33.1 Å². The first-order valence-corrected chi connectivity index (χ1v) is 11.8. The van der Waals surface area contributed by atoms with Crippen LogP contribution in [0.25, 0.3) is 10.9 Å². The van der Waals surface area contributed by atoms with Gasteiger partial charge in [-0.25, -0.2) is 0 Å². The Kier molecular flexibility index (Phi) is 4.82. The van der Waals surface area contributed by atoms with Gasteiger partial charge in [-0.15, -0.1) is 0 Å². The summed E-state index contributed by atoms with van der Waals surface area (Å²) in [5.41, 5.74) is 1.25. The number of fused-ring (bicyclic) bond motifs is 1. The Morgan fingerprint density at radius 2 is 1.86 bits per heavy atom. The van der Waals surface area contributed by atoms with E-state index in [1.54, 1.807) is 0 Å². The fourth-order valence-corrected chi connectivity index (χ4v) is 4.01. The van der Waals surface area contributed by atoms with E-state index in [2.05, 4.69) is 72.1 Å². The third-order valence-corrected chi connectivity index (χ3v) is 9.65. The van der Waals surface area contributed by atoms with Gasteiger partial charge in [0.15, 0.2) is 8.32 Å². The van der Waals surface area contributed by atoms with Crippen molar-refractivity contribution in [3.63, 3.8) is 0 Å². The maximum atomic E-state index is 10.5. The highest BCUT2D eigenvalue weighted by molar-refractivity contribution is 14.1. The second-order valence-corrected chi connectivity index (χ2v) is 13.6. The molecule has 0 atom stereocenters. The van der Waals surface area contributed by atoms with Crippen LogP contribution in [0.2, 0.25) is 18.1 Å². The van der Waals surface area contributed by atoms with Crippen molar-refractivity contribution in [3.05, 3.63) is 28.2 Å². The molecule has 122 valence electrons. The molecule has 3 nitrogen and oxygen atoms in total. The summed E-state index contributed by atoms with van der Waals surface area (Å²) in [4.78, 5) is 14.8. The monoisotopic (exact) mass is 430 g/mol. The highest BCUT2D eigenvalue weighted by Gasteiger charge is 2.39. The Bertz CT molecular complexity index is 671. The van der Waals surface area contributed by atoms with Crippen LogP contribution >= 0.6 is 22.6 Å². The molecule has 0 fully saturated rings. The van der Waals surface area contributed by atoms with E-state index in [9.17, 15) is 4.80 Å². The van der Waals surface area contributed by atoms with Gasteiger partial charge < -0.3 is 9.36 Å². The molecule has 2 rings (SSSR count). The number of nitrogens with zero attached hydrogens (tertiary/aromatic N) is 2. The molecule has 0 spiro atoms. The summed E-state index contributed by atoms with van der Waals surface area (Å²) in [6.07, 6.45) is 8.09. The lowest BCUT2D eigenvalue weighted by atomic mass is 9.93. The number of halogens is 1. The van der Waals surface area contributed by atoms with Crippen LogP contribution in [-0.2, 0) is 5.54 Å². The summed E-state index contributed by atoms with van der Waals surface area (Å²) < 4.78 is 3.61. The van der Waals surface area contributed by atoms with Gasteiger partial charge in [-0.05, 0) is 73.5 Å². The van der Waals surface area contributed by atoms with E-state index in [-0.39, 0.29) is 10.6 Å². The summed E-state index contributed by atoms with van der Waals surface area (Å²) in [6.45, 7) is 13.1. The van der Waals surface area contributed by atoms with Gasteiger partial charge in [-0.3, -0.25) is 4.98 Å². The molecule has 0 aromatic carbocycles. The predicted molar refractivity (Wildman–Crippen MR) is 105 cm³/mol. The molecule has 0 radical (unpaired) electrons. The zero-order chi connectivity index (χ0) is 16.8. The van der Waals surface area contributed by atoms with Crippen molar-refractivity contribution in [2.75, 3.05) is 0 Å². The Morgan fingerprint density at radius 3 is 2.45 bits per heavy atom.